The van der Waals surface area contributed by atoms with Gasteiger partial charge >= 0.3 is 0 Å². The number of fused-ring (bicyclic) bond motifs is 2. The van der Waals surface area contributed by atoms with E-state index in [4.69, 9.17) is 18.9 Å². The normalized spacial score (nSPS) is 60.9. The molecule has 5 aliphatic carbocycles. The van der Waals surface area contributed by atoms with Gasteiger partial charge in [-0.25, -0.2) is 0 Å². The number of hydrogen-bond donors (Lipinski definition) is 3. The summed E-state index contributed by atoms with van der Waals surface area (Å²) in [6.07, 6.45) is 0.834. The first-order valence-electron chi connectivity index (χ1n) is 12.7. The predicted octanol–water partition coefficient (Wildman–Crippen LogP) is 0.271. The summed E-state index contributed by atoms with van der Waals surface area (Å²) >= 11 is 0. The predicted molar refractivity (Wildman–Crippen MR) is 119 cm³/mol. The molecule has 1 spiro atoms. The molecule has 8 heteroatoms. The molecule has 33 heavy (non-hydrogen) atoms. The summed E-state index contributed by atoms with van der Waals surface area (Å²) in [5.41, 5.74) is -3.24. The fraction of sp³-hybridized carbons (Fsp3) is 1.00. The van der Waals surface area contributed by atoms with E-state index >= 15 is 0 Å². The number of nitrogens with zero attached hydrogens (tertiary/aromatic N) is 1. The van der Waals surface area contributed by atoms with Crippen LogP contribution in [0.15, 0.2) is 0 Å². The Labute approximate surface area is 196 Å². The number of rotatable bonds is 6. The minimum atomic E-state index is -1.40. The van der Waals surface area contributed by atoms with Crippen LogP contribution in [0.5, 0.6) is 0 Å². The number of hydrogen-bond acceptors (Lipinski definition) is 8. The van der Waals surface area contributed by atoms with Crippen LogP contribution in [0.3, 0.4) is 0 Å². The quantitative estimate of drug-likeness (QED) is 0.512. The number of piperidine rings is 1. The van der Waals surface area contributed by atoms with E-state index in [-0.39, 0.29) is 41.2 Å². The lowest BCUT2D eigenvalue weighted by molar-refractivity contribution is -0.324. The van der Waals surface area contributed by atoms with Crippen molar-refractivity contribution >= 4 is 0 Å². The highest BCUT2D eigenvalue weighted by molar-refractivity contribution is 5.41. The number of methoxy groups -OCH3 is 4. The molecule has 6 rings (SSSR count). The smallest absolute Gasteiger partial charge is 0.136 e. The van der Waals surface area contributed by atoms with E-state index in [9.17, 15) is 15.3 Å². The third-order valence-electron chi connectivity index (χ3n) is 11.6. The molecule has 6 aliphatic rings. The Balaban J connectivity index is 1.68. The summed E-state index contributed by atoms with van der Waals surface area (Å²) in [6, 6.07) is -0.312. The van der Waals surface area contributed by atoms with Gasteiger partial charge in [0.25, 0.3) is 0 Å². The molecule has 0 aromatic rings. The molecule has 3 N–H and O–H groups in total. The largest absolute Gasteiger partial charge is 0.392 e. The average Bonchev–Trinajstić information content (AvgIpc) is 3.16. The minimum Gasteiger partial charge on any atom is -0.392 e. The van der Waals surface area contributed by atoms with Gasteiger partial charge < -0.3 is 34.3 Å². The molecule has 5 saturated carbocycles. The van der Waals surface area contributed by atoms with Gasteiger partial charge in [-0.05, 0) is 31.7 Å². The highest BCUT2D eigenvalue weighted by Gasteiger charge is 2.91. The Morgan fingerprint density at radius 3 is 2.45 bits per heavy atom. The second-order valence-electron chi connectivity index (χ2n) is 11.9. The van der Waals surface area contributed by atoms with Crippen molar-refractivity contribution in [3.05, 3.63) is 0 Å². The van der Waals surface area contributed by atoms with Crippen molar-refractivity contribution in [2.45, 2.75) is 74.3 Å². The second kappa shape index (κ2) is 7.13. The molecule has 7 bridgehead atoms. The summed E-state index contributed by atoms with van der Waals surface area (Å²) in [7, 11) is 6.79. The van der Waals surface area contributed by atoms with E-state index in [2.05, 4.69) is 11.8 Å². The summed E-state index contributed by atoms with van der Waals surface area (Å²) in [6.45, 7) is 4.26. The highest BCUT2D eigenvalue weighted by Crippen LogP contribution is 2.80. The average molecular weight is 468 g/mol. The Bertz CT molecular complexity index is 814. The first kappa shape index (κ1) is 23.1. The van der Waals surface area contributed by atoms with Gasteiger partial charge in [-0.15, -0.1) is 0 Å². The molecule has 0 aromatic heterocycles. The molecule has 8 nitrogen and oxygen atoms in total. The van der Waals surface area contributed by atoms with Gasteiger partial charge in [0, 0.05) is 70.0 Å². The van der Waals surface area contributed by atoms with Crippen molar-refractivity contribution in [2.75, 3.05) is 48.1 Å². The molecule has 1 aliphatic heterocycles. The standard InChI is InChI=1S/C25H41NO7/c1-6-26-11-22(12-30-2)8-7-16(27)24-14-9-13-15(31-3)10-23(33-5,17(14)18(13)28)25(29,21(24)26)20(32-4)19(22)24/h13-21,27-29H,6-12H2,1-5H3/t13-,14-,15+,16+,17-,18+,19-,20+,21+,22+,23-,24+,25?/m1/s1. The molecule has 13 atom stereocenters. The van der Waals surface area contributed by atoms with Crippen LogP contribution in [-0.4, -0.2) is 110 Å². The molecule has 0 aromatic carbocycles. The number of aliphatic hydroxyl groups is 3. The zero-order valence-corrected chi connectivity index (χ0v) is 20.6. The minimum absolute atomic E-state index is 0.00825. The van der Waals surface area contributed by atoms with E-state index < -0.39 is 34.9 Å². The van der Waals surface area contributed by atoms with Gasteiger partial charge in [-0.2, -0.15) is 0 Å². The van der Waals surface area contributed by atoms with Crippen LogP contribution in [0.25, 0.3) is 0 Å². The maximum Gasteiger partial charge on any atom is 0.136 e. The van der Waals surface area contributed by atoms with Crippen LogP contribution in [-0.2, 0) is 18.9 Å². The van der Waals surface area contributed by atoms with Crippen LogP contribution in [0.4, 0.5) is 0 Å². The number of ether oxygens (including phenoxy) is 4. The van der Waals surface area contributed by atoms with E-state index in [0.717, 1.165) is 25.9 Å². The summed E-state index contributed by atoms with van der Waals surface area (Å²) in [5.74, 6) is -0.360. The lowest BCUT2D eigenvalue weighted by Crippen LogP contribution is -2.82. The molecule has 1 heterocycles. The molecule has 0 radical (unpaired) electrons. The maximum atomic E-state index is 13.1. The second-order valence-corrected chi connectivity index (χ2v) is 11.9. The van der Waals surface area contributed by atoms with Crippen LogP contribution < -0.4 is 0 Å². The van der Waals surface area contributed by atoms with Crippen LogP contribution in [0.1, 0.15) is 32.6 Å². The Hall–Kier alpha value is -0.320. The Kier molecular flexibility index (Phi) is 4.99. The fourth-order valence-corrected chi connectivity index (χ4v) is 11.0. The van der Waals surface area contributed by atoms with Crippen LogP contribution in [0, 0.1) is 34.5 Å². The van der Waals surface area contributed by atoms with Gasteiger partial charge in [0.15, 0.2) is 0 Å². The Morgan fingerprint density at radius 1 is 1.09 bits per heavy atom. The summed E-state index contributed by atoms with van der Waals surface area (Å²) in [5, 5.41) is 36.7. The van der Waals surface area contributed by atoms with Crippen LogP contribution in [0.2, 0.25) is 0 Å². The highest BCUT2D eigenvalue weighted by atomic mass is 16.5. The lowest BCUT2D eigenvalue weighted by atomic mass is 9.42. The molecular formula is C25H41NO7. The molecule has 6 fully saturated rings. The number of likely N-dealkylation sites (N-methyl/N-ethyl adjacent to an activating group) is 1. The van der Waals surface area contributed by atoms with Crippen molar-refractivity contribution in [3.63, 3.8) is 0 Å². The van der Waals surface area contributed by atoms with E-state index in [1.54, 1.807) is 28.4 Å². The van der Waals surface area contributed by atoms with Gasteiger partial charge in [0.05, 0.1) is 37.1 Å². The van der Waals surface area contributed by atoms with Gasteiger partial charge in [0.2, 0.25) is 0 Å². The lowest BCUT2D eigenvalue weighted by Gasteiger charge is -2.70. The zero-order chi connectivity index (χ0) is 23.6. The van der Waals surface area contributed by atoms with Crippen molar-refractivity contribution in [1.29, 1.82) is 0 Å². The molecule has 1 saturated heterocycles. The van der Waals surface area contributed by atoms with Gasteiger partial charge in [-0.1, -0.05) is 6.92 Å². The summed E-state index contributed by atoms with van der Waals surface area (Å²) in [4.78, 5) is 2.38. The van der Waals surface area contributed by atoms with Gasteiger partial charge in [0.1, 0.15) is 11.2 Å². The summed E-state index contributed by atoms with van der Waals surface area (Å²) < 4.78 is 24.5. The Morgan fingerprint density at radius 2 is 1.85 bits per heavy atom. The molecule has 1 unspecified atom stereocenters. The first-order chi connectivity index (χ1) is 15.8. The molecule has 0 amide bonds. The van der Waals surface area contributed by atoms with Crippen molar-refractivity contribution < 1.29 is 34.3 Å². The van der Waals surface area contributed by atoms with Crippen molar-refractivity contribution in [3.8, 4) is 0 Å². The van der Waals surface area contributed by atoms with Gasteiger partial charge in [-0.3, -0.25) is 4.90 Å². The monoisotopic (exact) mass is 467 g/mol. The molecule has 188 valence electrons. The van der Waals surface area contributed by atoms with Crippen molar-refractivity contribution in [2.24, 2.45) is 34.5 Å². The SMILES string of the molecule is CCN1C[C@]2(COC)CC[C@H](O)[C@]34[C@@H]5C[C@H]6[C@H](O)[C@@H]5[C@](OC)(C[C@@H]6OC)C(O)([C@@H]13)[C@@H](OC)[C@H]24. The third-order valence-corrected chi connectivity index (χ3v) is 11.6. The van der Waals surface area contributed by atoms with E-state index in [1.807, 2.05) is 0 Å². The zero-order valence-electron chi connectivity index (χ0n) is 20.6. The van der Waals surface area contributed by atoms with Crippen molar-refractivity contribution in [1.82, 2.24) is 4.90 Å². The number of likely N-dealkylation sites (tertiary alicyclic amines) is 1. The fourth-order valence-electron chi connectivity index (χ4n) is 11.0. The van der Waals surface area contributed by atoms with E-state index in [1.165, 1.54) is 0 Å². The number of aliphatic hydroxyl groups excluding tert-OH is 2. The molecular weight excluding hydrogens is 426 g/mol. The maximum absolute atomic E-state index is 13.1. The third kappa shape index (κ3) is 2.16. The first-order valence-corrected chi connectivity index (χ1v) is 12.7. The van der Waals surface area contributed by atoms with Crippen LogP contribution >= 0.6 is 0 Å². The topological polar surface area (TPSA) is 101 Å². The van der Waals surface area contributed by atoms with E-state index in [0.29, 0.717) is 19.4 Å².